The van der Waals surface area contributed by atoms with Crippen molar-refractivity contribution in [2.45, 2.75) is 31.2 Å². The predicted octanol–water partition coefficient (Wildman–Crippen LogP) is 1.47. The highest BCUT2D eigenvalue weighted by atomic mass is 32.2. The average molecular weight is 437 g/mol. The number of thiophene rings is 1. The van der Waals surface area contributed by atoms with Gasteiger partial charge < -0.3 is 4.74 Å². The first-order valence-corrected chi connectivity index (χ1v) is 11.0. The van der Waals surface area contributed by atoms with E-state index in [2.05, 4.69) is 15.1 Å². The van der Waals surface area contributed by atoms with Gasteiger partial charge in [0, 0.05) is 4.88 Å². The molecular formula is C18H20N4O5S2. The van der Waals surface area contributed by atoms with Crippen LogP contribution in [0.25, 0.3) is 10.2 Å². The molecule has 0 saturated carbocycles. The molecule has 0 aliphatic heterocycles. The van der Waals surface area contributed by atoms with Crippen molar-refractivity contribution in [3.63, 3.8) is 0 Å². The Bertz CT molecular complexity index is 1200. The number of hydrogen-bond acceptors (Lipinski definition) is 7. The number of ether oxygens (including phenoxy) is 1. The van der Waals surface area contributed by atoms with E-state index in [0.29, 0.717) is 16.0 Å². The van der Waals surface area contributed by atoms with Crippen LogP contribution in [0.15, 0.2) is 46.3 Å². The largest absolute Gasteiger partial charge is 0.497 e. The molecule has 0 bridgehead atoms. The Hall–Kier alpha value is -2.76. The Morgan fingerprint density at radius 2 is 2.00 bits per heavy atom. The van der Waals surface area contributed by atoms with Gasteiger partial charge in [-0.15, -0.1) is 11.3 Å². The number of sulfonamides is 1. The lowest BCUT2D eigenvalue weighted by Crippen LogP contribution is -2.45. The van der Waals surface area contributed by atoms with Gasteiger partial charge in [-0.2, -0.15) is 4.72 Å². The zero-order chi connectivity index (χ0) is 21.2. The number of carbonyl (C=O) groups is 1. The summed E-state index contributed by atoms with van der Waals surface area (Å²) in [6.07, 6.45) is 1.99. The number of fused-ring (bicyclic) bond motifs is 1. The summed E-state index contributed by atoms with van der Waals surface area (Å²) >= 11 is 1.42. The summed E-state index contributed by atoms with van der Waals surface area (Å²) in [6, 6.07) is 6.37. The number of amides is 1. The summed E-state index contributed by atoms with van der Waals surface area (Å²) in [5.41, 5.74) is 1.96. The summed E-state index contributed by atoms with van der Waals surface area (Å²) in [6.45, 7) is 3.36. The number of nitrogens with one attached hydrogen (secondary N) is 2. The predicted molar refractivity (Wildman–Crippen MR) is 110 cm³/mol. The Morgan fingerprint density at radius 3 is 2.62 bits per heavy atom. The topological polar surface area (TPSA) is 119 Å². The van der Waals surface area contributed by atoms with Gasteiger partial charge in [0.25, 0.3) is 11.5 Å². The highest BCUT2D eigenvalue weighted by Crippen LogP contribution is 2.20. The van der Waals surface area contributed by atoms with Gasteiger partial charge in [0.2, 0.25) is 10.0 Å². The van der Waals surface area contributed by atoms with E-state index in [0.717, 1.165) is 16.0 Å². The number of aryl methyl sites for hydroxylation is 1. The van der Waals surface area contributed by atoms with Crippen molar-refractivity contribution < 1.29 is 17.9 Å². The Labute approximate surface area is 171 Å². The Kier molecular flexibility index (Phi) is 6.01. The second kappa shape index (κ2) is 8.31. The number of benzene rings is 1. The summed E-state index contributed by atoms with van der Waals surface area (Å²) < 4.78 is 33.2. The smallest absolute Gasteiger partial charge is 0.280 e. The van der Waals surface area contributed by atoms with E-state index in [1.807, 2.05) is 6.92 Å². The molecule has 1 amide bonds. The molecule has 0 spiro atoms. The molecule has 154 valence electrons. The van der Waals surface area contributed by atoms with E-state index in [-0.39, 0.29) is 4.90 Å². The van der Waals surface area contributed by atoms with Gasteiger partial charge >= 0.3 is 0 Å². The molecule has 1 aromatic carbocycles. The van der Waals surface area contributed by atoms with E-state index in [4.69, 9.17) is 4.74 Å². The molecule has 0 aliphatic rings. The van der Waals surface area contributed by atoms with Crippen LogP contribution < -0.4 is 20.4 Å². The zero-order valence-corrected chi connectivity index (χ0v) is 17.6. The molecule has 2 aromatic heterocycles. The van der Waals surface area contributed by atoms with Crippen molar-refractivity contribution in [3.05, 3.63) is 51.9 Å². The van der Waals surface area contributed by atoms with Crippen LogP contribution in [0, 0.1) is 0 Å². The highest BCUT2D eigenvalue weighted by molar-refractivity contribution is 7.89. The number of methoxy groups -OCH3 is 1. The van der Waals surface area contributed by atoms with Gasteiger partial charge in [-0.1, -0.05) is 6.92 Å². The molecule has 0 aliphatic carbocycles. The fraction of sp³-hybridized carbons (Fsp3) is 0.278. The third-order valence-electron chi connectivity index (χ3n) is 4.18. The number of carbonyl (C=O) groups excluding carboxylic acids is 1. The van der Waals surface area contributed by atoms with E-state index < -0.39 is 27.5 Å². The standard InChI is InChI=1S/C18H20N4O5S2/c1-4-13-9-15-17(28-13)19-10-22(18(15)24)20-16(23)11(2)21-29(25,26)14-7-5-12(27-3)6-8-14/h5-11,21H,4H2,1-3H3,(H,20,23)/t11-/m0/s1. The van der Waals surface area contributed by atoms with Crippen LogP contribution in [0.5, 0.6) is 5.75 Å². The minimum atomic E-state index is -3.93. The minimum Gasteiger partial charge on any atom is -0.497 e. The first-order valence-electron chi connectivity index (χ1n) is 8.72. The van der Waals surface area contributed by atoms with Gasteiger partial charge in [-0.05, 0) is 43.7 Å². The van der Waals surface area contributed by atoms with E-state index in [9.17, 15) is 18.0 Å². The molecular weight excluding hydrogens is 416 g/mol. The SMILES string of the molecule is CCc1cc2c(=O)n(NC(=O)[C@H](C)NS(=O)(=O)c3ccc(OC)cc3)cnc2s1. The maximum absolute atomic E-state index is 12.5. The quantitative estimate of drug-likeness (QED) is 0.579. The fourth-order valence-electron chi connectivity index (χ4n) is 2.55. The van der Waals surface area contributed by atoms with Crippen molar-refractivity contribution in [2.24, 2.45) is 0 Å². The second-order valence-electron chi connectivity index (χ2n) is 6.20. The molecule has 29 heavy (non-hydrogen) atoms. The van der Waals surface area contributed by atoms with Crippen LogP contribution in [-0.4, -0.2) is 37.1 Å². The number of rotatable bonds is 7. The minimum absolute atomic E-state index is 0.0106. The monoisotopic (exact) mass is 436 g/mol. The van der Waals surface area contributed by atoms with Crippen molar-refractivity contribution in [2.75, 3.05) is 12.5 Å². The molecule has 9 nitrogen and oxygen atoms in total. The highest BCUT2D eigenvalue weighted by Gasteiger charge is 2.23. The normalized spacial score (nSPS) is 12.7. The molecule has 0 unspecified atom stereocenters. The number of aromatic nitrogens is 2. The van der Waals surface area contributed by atoms with Crippen LogP contribution in [0.4, 0.5) is 0 Å². The van der Waals surface area contributed by atoms with Gasteiger partial charge in [0.15, 0.2) is 0 Å². The maximum Gasteiger partial charge on any atom is 0.280 e. The van der Waals surface area contributed by atoms with Gasteiger partial charge in [-0.3, -0.25) is 15.0 Å². The first-order chi connectivity index (χ1) is 13.7. The zero-order valence-electron chi connectivity index (χ0n) is 16.0. The van der Waals surface area contributed by atoms with Crippen LogP contribution in [0.1, 0.15) is 18.7 Å². The third kappa shape index (κ3) is 4.47. The Morgan fingerprint density at radius 1 is 1.31 bits per heavy atom. The molecule has 0 radical (unpaired) electrons. The molecule has 2 N–H and O–H groups in total. The van der Waals surface area contributed by atoms with Crippen molar-refractivity contribution >= 4 is 37.5 Å². The molecule has 1 atom stereocenters. The second-order valence-corrected chi connectivity index (χ2v) is 9.03. The summed E-state index contributed by atoms with van der Waals surface area (Å²) in [5.74, 6) is -0.187. The van der Waals surface area contributed by atoms with Crippen molar-refractivity contribution in [1.82, 2.24) is 14.4 Å². The van der Waals surface area contributed by atoms with Crippen molar-refractivity contribution in [3.8, 4) is 5.75 Å². The van der Waals surface area contributed by atoms with E-state index >= 15 is 0 Å². The van der Waals surface area contributed by atoms with Crippen LogP contribution in [-0.2, 0) is 21.2 Å². The molecule has 3 aromatic rings. The number of hydrogen-bond donors (Lipinski definition) is 2. The lowest BCUT2D eigenvalue weighted by molar-refractivity contribution is -0.118. The van der Waals surface area contributed by atoms with Gasteiger partial charge in [-0.25, -0.2) is 18.1 Å². The third-order valence-corrected chi connectivity index (χ3v) is 6.92. The summed E-state index contributed by atoms with van der Waals surface area (Å²) in [7, 11) is -2.46. The van der Waals surface area contributed by atoms with Crippen LogP contribution in [0.2, 0.25) is 0 Å². The van der Waals surface area contributed by atoms with Crippen LogP contribution >= 0.6 is 11.3 Å². The Balaban J connectivity index is 1.75. The van der Waals surface area contributed by atoms with Crippen LogP contribution in [0.3, 0.4) is 0 Å². The first kappa shape index (κ1) is 21.0. The molecule has 2 heterocycles. The number of nitrogens with zero attached hydrogens (tertiary/aromatic N) is 2. The lowest BCUT2D eigenvalue weighted by atomic mass is 10.3. The fourth-order valence-corrected chi connectivity index (χ4v) is 4.68. The van der Waals surface area contributed by atoms with Gasteiger partial charge in [0.1, 0.15) is 16.9 Å². The lowest BCUT2D eigenvalue weighted by Gasteiger charge is -2.15. The summed E-state index contributed by atoms with van der Waals surface area (Å²) in [5, 5.41) is 0.404. The summed E-state index contributed by atoms with van der Waals surface area (Å²) in [4.78, 5) is 30.7. The average Bonchev–Trinajstić information content (AvgIpc) is 3.14. The van der Waals surface area contributed by atoms with E-state index in [1.165, 1.54) is 56.0 Å². The molecule has 11 heteroatoms. The molecule has 3 rings (SSSR count). The van der Waals surface area contributed by atoms with E-state index in [1.54, 1.807) is 6.07 Å². The van der Waals surface area contributed by atoms with Gasteiger partial charge in [0.05, 0.1) is 23.4 Å². The molecule has 0 saturated heterocycles. The van der Waals surface area contributed by atoms with Crippen molar-refractivity contribution in [1.29, 1.82) is 0 Å². The maximum atomic E-state index is 12.5. The molecule has 0 fully saturated rings.